The zero-order chi connectivity index (χ0) is 21.0. The predicted molar refractivity (Wildman–Crippen MR) is 120 cm³/mol. The van der Waals surface area contributed by atoms with E-state index < -0.39 is 11.8 Å². The van der Waals surface area contributed by atoms with E-state index in [1.165, 1.54) is 0 Å². The molecule has 1 aliphatic heterocycles. The summed E-state index contributed by atoms with van der Waals surface area (Å²) < 4.78 is 11.9. The Morgan fingerprint density at radius 3 is 2.66 bits per heavy atom. The van der Waals surface area contributed by atoms with E-state index >= 15 is 0 Å². The minimum absolute atomic E-state index is 0.354. The first-order chi connectivity index (χ1) is 14.0. The Bertz CT molecular complexity index is 1030. The molecule has 29 heavy (non-hydrogen) atoms. The lowest BCUT2D eigenvalue weighted by Gasteiger charge is -2.13. The van der Waals surface area contributed by atoms with Crippen LogP contribution in [0.5, 0.6) is 11.5 Å². The number of halogens is 1. The third-order valence-corrected chi connectivity index (χ3v) is 4.99. The molecule has 0 saturated heterocycles. The average molecular weight is 502 g/mol. The van der Waals surface area contributed by atoms with Crippen molar-refractivity contribution in [2.75, 3.05) is 13.7 Å². The topological polar surface area (TPSA) is 68.2 Å². The minimum atomic E-state index is -0.461. The Kier molecular flexibility index (Phi) is 6.48. The van der Waals surface area contributed by atoms with E-state index in [1.807, 2.05) is 6.07 Å². The van der Waals surface area contributed by atoms with Crippen LogP contribution in [0.3, 0.4) is 0 Å². The van der Waals surface area contributed by atoms with Crippen LogP contribution < -0.4 is 9.47 Å². The number of hydrogen-bond acceptors (Lipinski definition) is 5. The van der Waals surface area contributed by atoms with E-state index in [0.717, 1.165) is 14.1 Å². The van der Waals surface area contributed by atoms with E-state index in [9.17, 15) is 9.59 Å². The van der Waals surface area contributed by atoms with Crippen molar-refractivity contribution in [2.24, 2.45) is 5.10 Å². The maximum absolute atomic E-state index is 12.8. The maximum Gasteiger partial charge on any atom is 0.283 e. The van der Waals surface area contributed by atoms with Gasteiger partial charge in [0.1, 0.15) is 6.61 Å². The Hall–Kier alpha value is -2.94. The molecule has 7 heteroatoms. The zero-order valence-electron chi connectivity index (χ0n) is 16.0. The summed E-state index contributed by atoms with van der Waals surface area (Å²) >= 11 is 2.15. The number of carbonyl (C=O) groups is 2. The lowest BCUT2D eigenvalue weighted by molar-refractivity contribution is -0.123. The summed E-state index contributed by atoms with van der Waals surface area (Å²) in [6.07, 6.45) is 3.35. The normalized spacial score (nSPS) is 14.7. The van der Waals surface area contributed by atoms with Gasteiger partial charge in [0.15, 0.2) is 11.5 Å². The summed E-state index contributed by atoms with van der Waals surface area (Å²) in [5, 5.41) is 5.06. The van der Waals surface area contributed by atoms with Gasteiger partial charge >= 0.3 is 0 Å². The van der Waals surface area contributed by atoms with Crippen LogP contribution in [0.15, 0.2) is 65.8 Å². The molecule has 1 aliphatic rings. The fraction of sp³-hybridized carbons (Fsp3) is 0.136. The number of benzene rings is 2. The number of amides is 2. The summed E-state index contributed by atoms with van der Waals surface area (Å²) in [6, 6.07) is 12.2. The molecule has 3 rings (SSSR count). The molecule has 0 N–H and O–H groups in total. The summed E-state index contributed by atoms with van der Waals surface area (Å²) in [7, 11) is 1.55. The van der Waals surface area contributed by atoms with Crippen LogP contribution in [0.4, 0.5) is 0 Å². The molecule has 0 spiro atoms. The zero-order valence-corrected chi connectivity index (χ0v) is 18.2. The Morgan fingerprint density at radius 2 is 2.00 bits per heavy atom. The number of methoxy groups -OCH3 is 1. The van der Waals surface area contributed by atoms with Gasteiger partial charge in [-0.2, -0.15) is 10.1 Å². The molecule has 2 amide bonds. The standard InChI is InChI=1S/C22H19IN2O4/c1-4-10-29-20-18(23)12-15(13-19(20)28-3)11-17-14(2)24-25(22(17)27)21(26)16-8-6-5-7-9-16/h4-9,11-13H,1,10H2,2-3H3/b17-11+. The van der Waals surface area contributed by atoms with E-state index in [1.54, 1.807) is 62.6 Å². The number of ether oxygens (including phenoxy) is 2. The Balaban J connectivity index is 1.92. The molecule has 0 aliphatic carbocycles. The number of imide groups is 1. The molecular formula is C22H19IN2O4. The number of carbonyl (C=O) groups excluding carboxylic acids is 2. The van der Waals surface area contributed by atoms with Crippen molar-refractivity contribution in [2.45, 2.75) is 6.92 Å². The molecule has 2 aromatic carbocycles. The molecule has 0 atom stereocenters. The van der Waals surface area contributed by atoms with Gasteiger partial charge in [-0.1, -0.05) is 30.9 Å². The van der Waals surface area contributed by atoms with Gasteiger partial charge in [0.2, 0.25) is 0 Å². The molecule has 0 bridgehead atoms. The van der Waals surface area contributed by atoms with Gasteiger partial charge in [-0.15, -0.1) is 0 Å². The van der Waals surface area contributed by atoms with Gasteiger partial charge in [-0.3, -0.25) is 9.59 Å². The molecule has 0 fully saturated rings. The number of rotatable bonds is 6. The van der Waals surface area contributed by atoms with Crippen molar-refractivity contribution in [3.8, 4) is 11.5 Å². The average Bonchev–Trinajstić information content (AvgIpc) is 3.01. The fourth-order valence-corrected chi connectivity index (χ4v) is 3.58. The third kappa shape index (κ3) is 4.40. The SMILES string of the molecule is C=CCOc1c(I)cc(/C=C2/C(=O)N(C(=O)c3ccccc3)N=C2C)cc1OC. The van der Waals surface area contributed by atoms with Crippen LogP contribution >= 0.6 is 22.6 Å². The number of hydrazone groups is 1. The summed E-state index contributed by atoms with van der Waals surface area (Å²) in [5.41, 5.74) is 1.97. The van der Waals surface area contributed by atoms with Gasteiger partial charge in [0, 0.05) is 5.56 Å². The summed E-state index contributed by atoms with van der Waals surface area (Å²) in [5.74, 6) is 0.234. The monoisotopic (exact) mass is 502 g/mol. The second kappa shape index (κ2) is 9.04. The minimum Gasteiger partial charge on any atom is -0.493 e. The lowest BCUT2D eigenvalue weighted by atomic mass is 10.1. The summed E-state index contributed by atoms with van der Waals surface area (Å²) in [6.45, 7) is 5.70. The van der Waals surface area contributed by atoms with Gasteiger partial charge in [-0.05, 0) is 65.4 Å². The van der Waals surface area contributed by atoms with E-state index in [2.05, 4.69) is 34.3 Å². The molecule has 0 saturated carbocycles. The summed E-state index contributed by atoms with van der Waals surface area (Å²) in [4.78, 5) is 25.5. The quantitative estimate of drug-likeness (QED) is 0.256. The molecule has 1 heterocycles. The van der Waals surface area contributed by atoms with Crippen LogP contribution in [0.2, 0.25) is 0 Å². The number of nitrogens with zero attached hydrogens (tertiary/aromatic N) is 2. The molecule has 0 unspecified atom stereocenters. The van der Waals surface area contributed by atoms with Crippen molar-refractivity contribution in [1.29, 1.82) is 0 Å². The molecule has 2 aromatic rings. The Morgan fingerprint density at radius 1 is 1.28 bits per heavy atom. The molecule has 0 radical (unpaired) electrons. The highest BCUT2D eigenvalue weighted by Gasteiger charge is 2.33. The number of hydrogen-bond donors (Lipinski definition) is 0. The highest BCUT2D eigenvalue weighted by Crippen LogP contribution is 2.35. The first-order valence-corrected chi connectivity index (χ1v) is 9.86. The lowest BCUT2D eigenvalue weighted by Crippen LogP contribution is -2.29. The second-order valence-electron chi connectivity index (χ2n) is 6.17. The molecule has 148 valence electrons. The van der Waals surface area contributed by atoms with Gasteiger partial charge in [0.25, 0.3) is 11.8 Å². The van der Waals surface area contributed by atoms with Crippen molar-refractivity contribution < 1.29 is 19.1 Å². The van der Waals surface area contributed by atoms with E-state index in [4.69, 9.17) is 9.47 Å². The first kappa shape index (κ1) is 20.8. The molecular weight excluding hydrogens is 483 g/mol. The van der Waals surface area contributed by atoms with Crippen LogP contribution in [-0.2, 0) is 4.79 Å². The fourth-order valence-electron chi connectivity index (χ4n) is 2.80. The van der Waals surface area contributed by atoms with E-state index in [0.29, 0.717) is 35.0 Å². The predicted octanol–water partition coefficient (Wildman–Crippen LogP) is 4.31. The Labute approximate surface area is 182 Å². The van der Waals surface area contributed by atoms with Gasteiger partial charge in [-0.25, -0.2) is 0 Å². The maximum atomic E-state index is 12.8. The molecule has 6 nitrogen and oxygen atoms in total. The van der Waals surface area contributed by atoms with Crippen LogP contribution in [0.1, 0.15) is 22.8 Å². The van der Waals surface area contributed by atoms with Gasteiger partial charge < -0.3 is 9.47 Å². The van der Waals surface area contributed by atoms with Crippen molar-refractivity contribution >= 4 is 46.2 Å². The van der Waals surface area contributed by atoms with Crippen LogP contribution in [0, 0.1) is 3.57 Å². The first-order valence-electron chi connectivity index (χ1n) is 8.78. The highest BCUT2D eigenvalue weighted by molar-refractivity contribution is 14.1. The third-order valence-electron chi connectivity index (χ3n) is 4.18. The van der Waals surface area contributed by atoms with E-state index in [-0.39, 0.29) is 0 Å². The van der Waals surface area contributed by atoms with Crippen LogP contribution in [0.25, 0.3) is 6.08 Å². The molecule has 0 aromatic heterocycles. The van der Waals surface area contributed by atoms with Gasteiger partial charge in [0.05, 0.1) is 22.0 Å². The largest absolute Gasteiger partial charge is 0.493 e. The smallest absolute Gasteiger partial charge is 0.283 e. The second-order valence-corrected chi connectivity index (χ2v) is 7.33. The van der Waals surface area contributed by atoms with Crippen molar-refractivity contribution in [3.63, 3.8) is 0 Å². The van der Waals surface area contributed by atoms with Crippen molar-refractivity contribution in [3.05, 3.63) is 75.4 Å². The van der Waals surface area contributed by atoms with Crippen molar-refractivity contribution in [1.82, 2.24) is 5.01 Å². The highest BCUT2D eigenvalue weighted by atomic mass is 127. The van der Waals surface area contributed by atoms with Crippen LogP contribution in [-0.4, -0.2) is 36.3 Å².